The summed E-state index contributed by atoms with van der Waals surface area (Å²) in [5.74, 6) is 0.905. The van der Waals surface area contributed by atoms with Crippen molar-refractivity contribution in [1.29, 1.82) is 0 Å². The number of nitrogens with one attached hydrogen (secondary N) is 3. The summed E-state index contributed by atoms with van der Waals surface area (Å²) in [4.78, 5) is 9.11. The summed E-state index contributed by atoms with van der Waals surface area (Å²) in [7, 11) is -4.18. The second-order valence-corrected chi connectivity index (χ2v) is 10.4. The highest BCUT2D eigenvalue weighted by atomic mass is 32.2. The first-order valence-electron chi connectivity index (χ1n) is 16.9. The summed E-state index contributed by atoms with van der Waals surface area (Å²) in [6.07, 6.45) is -4.66. The third-order valence-electron chi connectivity index (χ3n) is 4.91. The van der Waals surface area contributed by atoms with Crippen molar-refractivity contribution in [2.45, 2.75) is 50.8 Å². The van der Waals surface area contributed by atoms with Crippen LogP contribution >= 0.6 is 0 Å². The van der Waals surface area contributed by atoms with Gasteiger partial charge in [0.15, 0.2) is 0 Å². The maximum absolute atomic E-state index is 13.0. The molecular weight excluding hydrogens is 488 g/mol. The molecule has 0 atom stereocenters. The van der Waals surface area contributed by atoms with Gasteiger partial charge in [0.1, 0.15) is 18.2 Å². The molecule has 0 unspecified atom stereocenters. The predicted octanol–water partition coefficient (Wildman–Crippen LogP) is 4.82. The number of ether oxygens (including phenoxy) is 1. The highest BCUT2D eigenvalue weighted by Gasteiger charge is 2.22. The molecule has 2 aromatic carbocycles. The lowest BCUT2D eigenvalue weighted by Gasteiger charge is -2.20. The number of likely N-dealkylation sites (tertiary alicyclic amines) is 1. The SMILES string of the molecule is [2H]C([2H])([2H])C(C)(C)NS(=O)(=O)c1cccc(Nc2nc(Nc3ccc(OCCN4C([2H])([2H])C([2H])([2H])C([2H])([2H])C4([2H])[2H])cc3)ncc2C)c1. The molecule has 37 heavy (non-hydrogen) atoms. The zero-order valence-corrected chi connectivity index (χ0v) is 21.4. The molecule has 0 amide bonds. The highest BCUT2D eigenvalue weighted by Crippen LogP contribution is 2.24. The molecule has 1 aromatic heterocycles. The van der Waals surface area contributed by atoms with Crippen LogP contribution in [-0.2, 0) is 10.0 Å². The zero-order chi connectivity index (χ0) is 36.1. The van der Waals surface area contributed by atoms with Crippen molar-refractivity contribution < 1.29 is 28.2 Å². The number of hydrogen-bond donors (Lipinski definition) is 3. The third-order valence-corrected chi connectivity index (χ3v) is 6.56. The molecule has 1 aliphatic rings. The fraction of sp³-hybridized carbons (Fsp3) is 0.407. The molecule has 3 N–H and O–H groups in total. The van der Waals surface area contributed by atoms with E-state index in [1.165, 1.54) is 32.0 Å². The van der Waals surface area contributed by atoms with Gasteiger partial charge in [0.25, 0.3) is 0 Å². The van der Waals surface area contributed by atoms with E-state index in [1.807, 2.05) is 0 Å². The summed E-state index contributed by atoms with van der Waals surface area (Å²) >= 11 is 0. The van der Waals surface area contributed by atoms with Crippen molar-refractivity contribution in [3.8, 4) is 5.75 Å². The topological polar surface area (TPSA) is 108 Å². The minimum Gasteiger partial charge on any atom is -0.492 e. The van der Waals surface area contributed by atoms with E-state index in [2.05, 4.69) is 25.3 Å². The molecule has 0 aliphatic carbocycles. The van der Waals surface area contributed by atoms with Crippen molar-refractivity contribution in [1.82, 2.24) is 19.6 Å². The molecule has 0 spiro atoms. The molecule has 10 heteroatoms. The van der Waals surface area contributed by atoms with Crippen molar-refractivity contribution in [2.75, 3.05) is 36.8 Å². The number of sulfonamides is 1. The highest BCUT2D eigenvalue weighted by molar-refractivity contribution is 7.89. The number of aryl methyl sites for hydroxylation is 1. The van der Waals surface area contributed by atoms with E-state index >= 15 is 0 Å². The molecule has 9 nitrogen and oxygen atoms in total. The summed E-state index contributed by atoms with van der Waals surface area (Å²) in [6.45, 7) is -4.77. The molecule has 0 saturated carbocycles. The van der Waals surface area contributed by atoms with Gasteiger partial charge in [0.2, 0.25) is 16.0 Å². The first-order valence-corrected chi connectivity index (χ1v) is 12.8. The predicted molar refractivity (Wildman–Crippen MR) is 147 cm³/mol. The van der Waals surface area contributed by atoms with Gasteiger partial charge in [0, 0.05) is 50.3 Å². The van der Waals surface area contributed by atoms with Crippen LogP contribution in [0.1, 0.15) is 54.1 Å². The van der Waals surface area contributed by atoms with Gasteiger partial charge in [0.05, 0.1) is 4.90 Å². The average molecular weight is 536 g/mol. The molecule has 2 heterocycles. The van der Waals surface area contributed by atoms with Crippen LogP contribution in [-0.4, -0.2) is 55.0 Å². The van der Waals surface area contributed by atoms with Crippen molar-refractivity contribution in [2.24, 2.45) is 0 Å². The number of rotatable bonds is 10. The van der Waals surface area contributed by atoms with Crippen LogP contribution < -0.4 is 20.1 Å². The van der Waals surface area contributed by atoms with Crippen LogP contribution in [0.4, 0.5) is 23.1 Å². The summed E-state index contributed by atoms with van der Waals surface area (Å²) in [5.41, 5.74) is -0.126. The van der Waals surface area contributed by atoms with Gasteiger partial charge in [-0.3, -0.25) is 4.90 Å². The Balaban J connectivity index is 1.41. The minimum absolute atomic E-state index is 0.142. The van der Waals surface area contributed by atoms with Crippen LogP contribution in [0.5, 0.6) is 5.75 Å². The molecule has 198 valence electrons. The lowest BCUT2D eigenvalue weighted by Crippen LogP contribution is -2.40. The van der Waals surface area contributed by atoms with Crippen molar-refractivity contribution in [3.63, 3.8) is 0 Å². The van der Waals surface area contributed by atoms with E-state index in [-0.39, 0.29) is 17.5 Å². The molecule has 0 bridgehead atoms. The monoisotopic (exact) mass is 535 g/mol. The first-order chi connectivity index (χ1) is 21.8. The van der Waals surface area contributed by atoms with E-state index < -0.39 is 54.7 Å². The van der Waals surface area contributed by atoms with Gasteiger partial charge in [-0.25, -0.2) is 18.1 Å². The average Bonchev–Trinajstić information content (AvgIpc) is 3.02. The molecule has 3 aromatic rings. The first kappa shape index (κ1) is 15.9. The standard InChI is InChI=1S/C27H36N6O3S/c1-20-19-28-26(30-21-10-12-23(13-11-21)36-17-16-33-14-5-6-15-33)31-25(20)29-22-8-7-9-24(18-22)37(34,35)32-27(2,3)4/h7-13,18-19,32H,5-6,14-17H2,1-4H3,(H2,28,29,30,31)/i2D3,5D2,6D2,14D2,15D2. The molecule has 1 aliphatic heterocycles. The van der Waals surface area contributed by atoms with E-state index in [9.17, 15) is 8.42 Å². The summed E-state index contributed by atoms with van der Waals surface area (Å²) < 4.78 is 120. The van der Waals surface area contributed by atoms with E-state index in [4.69, 9.17) is 19.8 Å². The maximum Gasteiger partial charge on any atom is 0.241 e. The Labute approximate surface area is 235 Å². The Morgan fingerprint density at radius 2 is 1.86 bits per heavy atom. The smallest absolute Gasteiger partial charge is 0.241 e. The molecular formula is C27H36N6O3S. The van der Waals surface area contributed by atoms with E-state index in [1.54, 1.807) is 43.5 Å². The quantitative estimate of drug-likeness (QED) is 0.339. The Kier molecular flexibility index (Phi) is 4.92. The lowest BCUT2D eigenvalue weighted by molar-refractivity contribution is 0.238. The zero-order valence-electron chi connectivity index (χ0n) is 31.6. The van der Waals surface area contributed by atoms with Gasteiger partial charge in [-0.05, 0) is 95.8 Å². The molecule has 4 rings (SSSR count). The molecule has 1 fully saturated rings. The Hall–Kier alpha value is -3.21. The normalized spacial score (nSPS) is 24.7. The van der Waals surface area contributed by atoms with E-state index in [0.29, 0.717) is 33.4 Å². The molecule has 0 radical (unpaired) electrons. The van der Waals surface area contributed by atoms with Gasteiger partial charge in [-0.2, -0.15) is 4.98 Å². The number of anilines is 4. The van der Waals surface area contributed by atoms with E-state index in [0.717, 1.165) is 0 Å². The number of aromatic nitrogens is 2. The van der Waals surface area contributed by atoms with Crippen LogP contribution in [0.25, 0.3) is 0 Å². The number of nitrogens with zero attached hydrogens (tertiary/aromatic N) is 3. The fourth-order valence-corrected chi connectivity index (χ4v) is 4.58. The third kappa shape index (κ3) is 7.88. The fourth-order valence-electron chi connectivity index (χ4n) is 3.25. The Bertz CT molecular complexity index is 1730. The largest absolute Gasteiger partial charge is 0.492 e. The Morgan fingerprint density at radius 1 is 1.11 bits per heavy atom. The van der Waals surface area contributed by atoms with Gasteiger partial charge >= 0.3 is 0 Å². The van der Waals surface area contributed by atoms with Crippen molar-refractivity contribution >= 4 is 33.2 Å². The van der Waals surface area contributed by atoms with Gasteiger partial charge in [-0.1, -0.05) is 6.07 Å². The van der Waals surface area contributed by atoms with Crippen molar-refractivity contribution in [3.05, 3.63) is 60.3 Å². The van der Waals surface area contributed by atoms with Crippen LogP contribution in [0.3, 0.4) is 0 Å². The number of benzene rings is 2. The summed E-state index contributed by atoms with van der Waals surface area (Å²) in [6, 6.07) is 12.3. The summed E-state index contributed by atoms with van der Waals surface area (Å²) in [5, 5.41) is 6.09. The van der Waals surface area contributed by atoms with Gasteiger partial charge in [-0.15, -0.1) is 0 Å². The number of hydrogen-bond acceptors (Lipinski definition) is 8. The molecule has 1 saturated heterocycles. The second kappa shape index (κ2) is 11.5. The van der Waals surface area contributed by atoms with Crippen LogP contribution in [0.15, 0.2) is 59.6 Å². The maximum atomic E-state index is 13.0. The Morgan fingerprint density at radius 3 is 2.59 bits per heavy atom. The minimum atomic E-state index is -4.18. The second-order valence-electron chi connectivity index (χ2n) is 8.73. The van der Waals surface area contributed by atoms with Gasteiger partial charge < -0.3 is 15.4 Å². The lowest BCUT2D eigenvalue weighted by atomic mass is 10.1. The van der Waals surface area contributed by atoms with Crippen LogP contribution in [0.2, 0.25) is 0 Å². The van der Waals surface area contributed by atoms with Crippen LogP contribution in [0, 0.1) is 6.92 Å².